The number of aryl methyl sites for hydroxylation is 1. The zero-order valence-corrected chi connectivity index (χ0v) is 18.8. The maximum absolute atomic E-state index is 12.1. The number of carbonyl (C=O) groups excluding carboxylic acids is 1. The summed E-state index contributed by atoms with van der Waals surface area (Å²) in [5, 5.41) is 2.87. The van der Waals surface area contributed by atoms with E-state index in [4.69, 9.17) is 19.9 Å². The molecule has 0 aliphatic heterocycles. The van der Waals surface area contributed by atoms with E-state index >= 15 is 0 Å². The van der Waals surface area contributed by atoms with Crippen molar-refractivity contribution in [1.82, 2.24) is 5.32 Å². The van der Waals surface area contributed by atoms with E-state index in [1.807, 2.05) is 54.6 Å². The van der Waals surface area contributed by atoms with Crippen LogP contribution in [0.2, 0.25) is 0 Å². The fourth-order valence-corrected chi connectivity index (χ4v) is 3.32. The first-order valence-electron chi connectivity index (χ1n) is 10.6. The Morgan fingerprint density at radius 2 is 1.56 bits per heavy atom. The molecule has 3 aromatic carbocycles. The van der Waals surface area contributed by atoms with Crippen molar-refractivity contribution in [3.8, 4) is 17.2 Å². The number of methoxy groups -OCH3 is 2. The number of hydrogen-bond acceptors (Lipinski definition) is 5. The molecule has 168 valence electrons. The van der Waals surface area contributed by atoms with Crippen molar-refractivity contribution < 1.29 is 19.0 Å². The van der Waals surface area contributed by atoms with Crippen LogP contribution in [0, 0.1) is 0 Å². The van der Waals surface area contributed by atoms with Gasteiger partial charge in [-0.15, -0.1) is 0 Å². The van der Waals surface area contributed by atoms with Crippen LogP contribution in [0.15, 0.2) is 66.7 Å². The van der Waals surface area contributed by atoms with Crippen molar-refractivity contribution in [2.24, 2.45) is 5.73 Å². The average molecular weight is 435 g/mol. The first kappa shape index (κ1) is 23.2. The average Bonchev–Trinajstić information content (AvgIpc) is 2.85. The van der Waals surface area contributed by atoms with Crippen LogP contribution in [0.4, 0.5) is 0 Å². The highest BCUT2D eigenvalue weighted by Crippen LogP contribution is 2.32. The summed E-state index contributed by atoms with van der Waals surface area (Å²) in [6.07, 6.45) is 0.998. The fourth-order valence-electron chi connectivity index (χ4n) is 3.32. The quantitative estimate of drug-likeness (QED) is 0.504. The smallest absolute Gasteiger partial charge is 0.258 e. The summed E-state index contributed by atoms with van der Waals surface area (Å²) < 4.78 is 16.3. The molecular weight excluding hydrogens is 404 g/mol. The summed E-state index contributed by atoms with van der Waals surface area (Å²) in [6.45, 7) is 2.54. The second kappa shape index (κ2) is 11.2. The number of rotatable bonds is 10. The van der Waals surface area contributed by atoms with E-state index in [0.717, 1.165) is 23.1 Å². The third-order valence-corrected chi connectivity index (χ3v) is 5.31. The van der Waals surface area contributed by atoms with Crippen LogP contribution in [-0.4, -0.2) is 26.7 Å². The number of hydrogen-bond donors (Lipinski definition) is 2. The predicted octanol–water partition coefficient (Wildman–Crippen LogP) is 4.01. The van der Waals surface area contributed by atoms with Gasteiger partial charge in [0.15, 0.2) is 6.61 Å². The molecule has 0 aliphatic carbocycles. The van der Waals surface area contributed by atoms with Crippen LogP contribution in [0.1, 0.15) is 35.2 Å². The number of carbonyl (C=O) groups is 1. The molecule has 3 rings (SSSR count). The number of ether oxygens (including phenoxy) is 3. The lowest BCUT2D eigenvalue weighted by atomic mass is 9.98. The summed E-state index contributed by atoms with van der Waals surface area (Å²) in [5.41, 5.74) is 10.5. The lowest BCUT2D eigenvalue weighted by molar-refractivity contribution is -0.123. The van der Waals surface area contributed by atoms with Gasteiger partial charge in [-0.3, -0.25) is 4.79 Å². The zero-order valence-electron chi connectivity index (χ0n) is 18.8. The molecule has 1 atom stereocenters. The minimum Gasteiger partial charge on any atom is -0.497 e. The molecule has 3 aromatic rings. The van der Waals surface area contributed by atoms with Gasteiger partial charge in [-0.25, -0.2) is 0 Å². The van der Waals surface area contributed by atoms with Crippen LogP contribution < -0.4 is 25.3 Å². The van der Waals surface area contributed by atoms with E-state index < -0.39 is 0 Å². The third kappa shape index (κ3) is 6.02. The predicted molar refractivity (Wildman–Crippen MR) is 125 cm³/mol. The first-order valence-corrected chi connectivity index (χ1v) is 10.6. The van der Waals surface area contributed by atoms with E-state index in [9.17, 15) is 4.79 Å². The minimum atomic E-state index is -0.368. The molecule has 0 radical (unpaired) electrons. The highest BCUT2D eigenvalue weighted by atomic mass is 16.5. The molecule has 1 unspecified atom stereocenters. The molecule has 3 N–H and O–H groups in total. The standard InChI is InChI=1S/C26H30N2O4/c1-4-18-5-7-19(8-6-18)16-28-25(29)17-32-21-11-9-20(10-12-21)26(27)23-14-13-22(30-2)15-24(23)31-3/h5-15,26H,4,16-17,27H2,1-3H3,(H,28,29). The van der Waals surface area contributed by atoms with Crippen LogP contribution in [0.25, 0.3) is 0 Å². The Labute approximate surface area is 189 Å². The molecule has 32 heavy (non-hydrogen) atoms. The topological polar surface area (TPSA) is 82.8 Å². The van der Waals surface area contributed by atoms with Gasteiger partial charge in [0.05, 0.1) is 20.3 Å². The van der Waals surface area contributed by atoms with Crippen molar-refractivity contribution >= 4 is 5.91 Å². The number of amides is 1. The normalized spacial score (nSPS) is 11.5. The molecule has 0 aliphatic rings. The first-order chi connectivity index (χ1) is 15.5. The summed E-state index contributed by atoms with van der Waals surface area (Å²) in [7, 11) is 3.21. The van der Waals surface area contributed by atoms with E-state index in [0.29, 0.717) is 23.8 Å². The fraction of sp³-hybridized carbons (Fsp3) is 0.269. The van der Waals surface area contributed by atoms with Gasteiger partial charge in [0.1, 0.15) is 17.2 Å². The molecular formula is C26H30N2O4. The maximum atomic E-state index is 12.1. The number of benzene rings is 3. The van der Waals surface area contributed by atoms with Gasteiger partial charge in [0.2, 0.25) is 0 Å². The van der Waals surface area contributed by atoms with E-state index in [1.165, 1.54) is 5.56 Å². The van der Waals surface area contributed by atoms with E-state index in [2.05, 4.69) is 24.4 Å². The molecule has 6 heteroatoms. The van der Waals surface area contributed by atoms with Crippen LogP contribution in [0.5, 0.6) is 17.2 Å². The van der Waals surface area contributed by atoms with Crippen molar-refractivity contribution in [3.63, 3.8) is 0 Å². The highest BCUT2D eigenvalue weighted by molar-refractivity contribution is 5.77. The van der Waals surface area contributed by atoms with Crippen LogP contribution in [-0.2, 0) is 17.8 Å². The number of nitrogens with one attached hydrogen (secondary N) is 1. The monoisotopic (exact) mass is 434 g/mol. The molecule has 6 nitrogen and oxygen atoms in total. The van der Waals surface area contributed by atoms with Gasteiger partial charge in [-0.1, -0.05) is 43.3 Å². The van der Waals surface area contributed by atoms with Crippen molar-refractivity contribution in [3.05, 3.63) is 89.0 Å². The second-order valence-corrected chi connectivity index (χ2v) is 7.39. The lowest BCUT2D eigenvalue weighted by Gasteiger charge is -2.17. The van der Waals surface area contributed by atoms with Gasteiger partial charge in [0.25, 0.3) is 5.91 Å². The molecule has 0 aromatic heterocycles. The Balaban J connectivity index is 1.53. The van der Waals surface area contributed by atoms with Crippen LogP contribution in [0.3, 0.4) is 0 Å². The van der Waals surface area contributed by atoms with Gasteiger partial charge in [-0.05, 0) is 47.4 Å². The highest BCUT2D eigenvalue weighted by Gasteiger charge is 2.15. The second-order valence-electron chi connectivity index (χ2n) is 7.39. The maximum Gasteiger partial charge on any atom is 0.258 e. The molecule has 0 saturated heterocycles. The largest absolute Gasteiger partial charge is 0.497 e. The molecule has 0 heterocycles. The minimum absolute atomic E-state index is 0.0508. The van der Waals surface area contributed by atoms with Crippen molar-refractivity contribution in [2.75, 3.05) is 20.8 Å². The molecule has 0 fully saturated rings. The summed E-state index contributed by atoms with van der Waals surface area (Å²) in [4.78, 5) is 12.1. The summed E-state index contributed by atoms with van der Waals surface area (Å²) in [6, 6.07) is 20.8. The Bertz CT molecular complexity index is 1020. The van der Waals surface area contributed by atoms with Crippen molar-refractivity contribution in [2.45, 2.75) is 25.9 Å². The Kier molecular flexibility index (Phi) is 8.11. The van der Waals surface area contributed by atoms with E-state index in [1.54, 1.807) is 14.2 Å². The zero-order chi connectivity index (χ0) is 22.9. The van der Waals surface area contributed by atoms with Gasteiger partial charge in [-0.2, -0.15) is 0 Å². The summed E-state index contributed by atoms with van der Waals surface area (Å²) in [5.74, 6) is 1.80. The third-order valence-electron chi connectivity index (χ3n) is 5.31. The van der Waals surface area contributed by atoms with Gasteiger partial charge in [0, 0.05) is 18.2 Å². The Morgan fingerprint density at radius 1 is 0.906 bits per heavy atom. The van der Waals surface area contributed by atoms with E-state index in [-0.39, 0.29) is 18.6 Å². The summed E-state index contributed by atoms with van der Waals surface area (Å²) >= 11 is 0. The van der Waals surface area contributed by atoms with Crippen molar-refractivity contribution in [1.29, 1.82) is 0 Å². The van der Waals surface area contributed by atoms with Gasteiger partial charge >= 0.3 is 0 Å². The molecule has 0 spiro atoms. The Hall–Kier alpha value is -3.51. The molecule has 0 saturated carbocycles. The SMILES string of the molecule is CCc1ccc(CNC(=O)COc2ccc(C(N)c3ccc(OC)cc3OC)cc2)cc1. The lowest BCUT2D eigenvalue weighted by Crippen LogP contribution is -2.28. The molecule has 1 amide bonds. The van der Waals surface area contributed by atoms with Crippen LogP contribution >= 0.6 is 0 Å². The Morgan fingerprint density at radius 3 is 2.19 bits per heavy atom. The molecule has 0 bridgehead atoms. The van der Waals surface area contributed by atoms with Gasteiger partial charge < -0.3 is 25.3 Å². The number of nitrogens with two attached hydrogens (primary N) is 1.